The number of piperidine rings is 1. The number of aryl methyl sites for hydroxylation is 3. The van der Waals surface area contributed by atoms with E-state index in [0.717, 1.165) is 48.4 Å². The van der Waals surface area contributed by atoms with Crippen LogP contribution in [0.25, 0.3) is 16.9 Å². The van der Waals surface area contributed by atoms with E-state index in [2.05, 4.69) is 73.5 Å². The lowest BCUT2D eigenvalue weighted by atomic mass is 9.98. The lowest BCUT2D eigenvalue weighted by Gasteiger charge is -2.35. The van der Waals surface area contributed by atoms with Gasteiger partial charge in [0.25, 0.3) is 0 Å². The Labute approximate surface area is 173 Å². The molecule has 0 N–H and O–H groups in total. The number of nitrogens with zero attached hydrogens (tertiary/aromatic N) is 3. The van der Waals surface area contributed by atoms with Gasteiger partial charge in [0.05, 0.1) is 17.8 Å². The van der Waals surface area contributed by atoms with Crippen LogP contribution in [0.4, 0.5) is 0 Å². The van der Waals surface area contributed by atoms with E-state index in [4.69, 9.17) is 4.98 Å². The molecule has 1 saturated heterocycles. The Bertz CT molecular complexity index is 1050. The van der Waals surface area contributed by atoms with Gasteiger partial charge >= 0.3 is 0 Å². The SMILES string of the molecule is CCC1CCCCN1C(=O)Cc1c(-c2ccc(C)c(C)c2)nc2cc(C)ccn12. The summed E-state index contributed by atoms with van der Waals surface area (Å²) in [4.78, 5) is 20.4. The summed E-state index contributed by atoms with van der Waals surface area (Å²) in [6.45, 7) is 9.40. The monoisotopic (exact) mass is 389 g/mol. The van der Waals surface area contributed by atoms with Crippen LogP contribution in [0.15, 0.2) is 36.5 Å². The first-order chi connectivity index (χ1) is 14.0. The minimum atomic E-state index is 0.226. The number of pyridine rings is 1. The lowest BCUT2D eigenvalue weighted by Crippen LogP contribution is -2.44. The van der Waals surface area contributed by atoms with Crippen LogP contribution in [-0.2, 0) is 11.2 Å². The molecule has 4 nitrogen and oxygen atoms in total. The molecule has 4 rings (SSSR count). The van der Waals surface area contributed by atoms with E-state index in [0.29, 0.717) is 12.5 Å². The van der Waals surface area contributed by atoms with Gasteiger partial charge < -0.3 is 9.30 Å². The molecule has 1 atom stereocenters. The van der Waals surface area contributed by atoms with Crippen LogP contribution >= 0.6 is 0 Å². The Hall–Kier alpha value is -2.62. The second-order valence-corrected chi connectivity index (χ2v) is 8.46. The van der Waals surface area contributed by atoms with Crippen molar-refractivity contribution in [3.63, 3.8) is 0 Å². The van der Waals surface area contributed by atoms with Crippen LogP contribution in [0, 0.1) is 20.8 Å². The number of imidazole rings is 1. The van der Waals surface area contributed by atoms with Crippen LogP contribution in [0.5, 0.6) is 0 Å². The van der Waals surface area contributed by atoms with Crippen molar-refractivity contribution in [3.8, 4) is 11.3 Å². The number of benzene rings is 1. The molecule has 2 aromatic heterocycles. The second kappa shape index (κ2) is 8.02. The average Bonchev–Trinajstić information content (AvgIpc) is 3.07. The van der Waals surface area contributed by atoms with E-state index in [1.165, 1.54) is 23.1 Å². The normalized spacial score (nSPS) is 17.1. The molecule has 1 amide bonds. The van der Waals surface area contributed by atoms with Crippen LogP contribution < -0.4 is 0 Å². The first-order valence-electron chi connectivity index (χ1n) is 10.8. The topological polar surface area (TPSA) is 37.6 Å². The van der Waals surface area contributed by atoms with Crippen molar-refractivity contribution in [1.29, 1.82) is 0 Å². The average molecular weight is 390 g/mol. The highest BCUT2D eigenvalue weighted by molar-refractivity contribution is 5.82. The van der Waals surface area contributed by atoms with Crippen molar-refractivity contribution >= 4 is 11.6 Å². The van der Waals surface area contributed by atoms with E-state index in [-0.39, 0.29) is 5.91 Å². The first-order valence-corrected chi connectivity index (χ1v) is 10.8. The summed E-state index contributed by atoms with van der Waals surface area (Å²) in [5.74, 6) is 0.226. The highest BCUT2D eigenvalue weighted by Gasteiger charge is 2.27. The molecule has 3 heterocycles. The fourth-order valence-corrected chi connectivity index (χ4v) is 4.48. The lowest BCUT2D eigenvalue weighted by molar-refractivity contribution is -0.134. The largest absolute Gasteiger partial charge is 0.339 e. The Kier molecular flexibility index (Phi) is 5.44. The molecular weight excluding hydrogens is 358 g/mol. The zero-order chi connectivity index (χ0) is 20.5. The number of fused-ring (bicyclic) bond motifs is 1. The summed E-state index contributed by atoms with van der Waals surface area (Å²) in [6.07, 6.45) is 6.94. The third-order valence-corrected chi connectivity index (χ3v) is 6.40. The molecule has 0 saturated carbocycles. The van der Waals surface area contributed by atoms with Gasteiger partial charge in [0.2, 0.25) is 5.91 Å². The molecule has 0 spiro atoms. The highest BCUT2D eigenvalue weighted by Crippen LogP contribution is 2.28. The van der Waals surface area contributed by atoms with Crippen LogP contribution in [0.2, 0.25) is 0 Å². The Balaban J connectivity index is 1.77. The van der Waals surface area contributed by atoms with Gasteiger partial charge in [-0.15, -0.1) is 0 Å². The van der Waals surface area contributed by atoms with Gasteiger partial charge in [0.15, 0.2) is 0 Å². The first kappa shape index (κ1) is 19.7. The highest BCUT2D eigenvalue weighted by atomic mass is 16.2. The minimum Gasteiger partial charge on any atom is -0.339 e. The third kappa shape index (κ3) is 3.81. The number of amides is 1. The summed E-state index contributed by atoms with van der Waals surface area (Å²) in [5.41, 5.74) is 7.61. The molecule has 29 heavy (non-hydrogen) atoms. The summed E-state index contributed by atoms with van der Waals surface area (Å²) in [6, 6.07) is 11.0. The van der Waals surface area contributed by atoms with Crippen molar-refractivity contribution < 1.29 is 4.79 Å². The molecule has 1 fully saturated rings. The Morgan fingerprint density at radius 1 is 1.10 bits per heavy atom. The molecule has 0 radical (unpaired) electrons. The molecule has 152 valence electrons. The van der Waals surface area contributed by atoms with E-state index < -0.39 is 0 Å². The van der Waals surface area contributed by atoms with Crippen molar-refractivity contribution in [1.82, 2.24) is 14.3 Å². The fourth-order valence-electron chi connectivity index (χ4n) is 4.48. The number of hydrogen-bond acceptors (Lipinski definition) is 2. The number of carbonyl (C=O) groups is 1. The number of hydrogen-bond donors (Lipinski definition) is 0. The Morgan fingerprint density at radius 2 is 1.93 bits per heavy atom. The van der Waals surface area contributed by atoms with Crippen molar-refractivity contribution in [2.24, 2.45) is 0 Å². The van der Waals surface area contributed by atoms with Gasteiger partial charge in [-0.3, -0.25) is 4.79 Å². The van der Waals surface area contributed by atoms with Crippen LogP contribution in [-0.4, -0.2) is 32.8 Å². The van der Waals surface area contributed by atoms with E-state index in [1.54, 1.807) is 0 Å². The standard InChI is InChI=1S/C25H31N3O/c1-5-21-8-6-7-12-27(21)24(29)16-22-25(20-10-9-18(3)19(4)15-20)26-23-14-17(2)11-13-28(22)23/h9-11,13-15,21H,5-8,12,16H2,1-4H3. The van der Waals surface area contributed by atoms with Crippen molar-refractivity contribution in [3.05, 3.63) is 58.9 Å². The Morgan fingerprint density at radius 3 is 2.69 bits per heavy atom. The van der Waals surface area contributed by atoms with E-state index in [9.17, 15) is 4.79 Å². The van der Waals surface area contributed by atoms with Crippen molar-refractivity contribution in [2.75, 3.05) is 6.54 Å². The fraction of sp³-hybridized carbons (Fsp3) is 0.440. The molecule has 1 unspecified atom stereocenters. The van der Waals surface area contributed by atoms with E-state index in [1.807, 2.05) is 0 Å². The summed E-state index contributed by atoms with van der Waals surface area (Å²) in [5, 5.41) is 0. The van der Waals surface area contributed by atoms with Gasteiger partial charge in [-0.2, -0.15) is 0 Å². The van der Waals surface area contributed by atoms with Crippen LogP contribution in [0.3, 0.4) is 0 Å². The minimum absolute atomic E-state index is 0.226. The predicted octanol–water partition coefficient (Wildman–Crippen LogP) is 5.26. The molecule has 1 aromatic carbocycles. The third-order valence-electron chi connectivity index (χ3n) is 6.40. The van der Waals surface area contributed by atoms with Crippen LogP contribution in [0.1, 0.15) is 55.0 Å². The zero-order valence-electron chi connectivity index (χ0n) is 18.0. The number of aromatic nitrogens is 2. The van der Waals surface area contributed by atoms with E-state index >= 15 is 0 Å². The maximum Gasteiger partial charge on any atom is 0.228 e. The maximum absolute atomic E-state index is 13.3. The smallest absolute Gasteiger partial charge is 0.228 e. The number of carbonyl (C=O) groups excluding carboxylic acids is 1. The van der Waals surface area contributed by atoms with Gasteiger partial charge in [0, 0.05) is 24.3 Å². The summed E-state index contributed by atoms with van der Waals surface area (Å²) < 4.78 is 2.10. The molecule has 4 heteroatoms. The predicted molar refractivity (Wildman–Crippen MR) is 118 cm³/mol. The summed E-state index contributed by atoms with van der Waals surface area (Å²) in [7, 11) is 0. The van der Waals surface area contributed by atoms with Crippen molar-refractivity contribution in [2.45, 2.75) is 65.8 Å². The maximum atomic E-state index is 13.3. The molecule has 3 aromatic rings. The second-order valence-electron chi connectivity index (χ2n) is 8.46. The summed E-state index contributed by atoms with van der Waals surface area (Å²) >= 11 is 0. The molecule has 0 aliphatic carbocycles. The number of rotatable bonds is 4. The van der Waals surface area contributed by atoms with Gasteiger partial charge in [-0.25, -0.2) is 4.98 Å². The molecular formula is C25H31N3O. The molecule has 1 aliphatic rings. The molecule has 1 aliphatic heterocycles. The van der Waals surface area contributed by atoms with Gasteiger partial charge in [-0.05, 0) is 81.3 Å². The quantitative estimate of drug-likeness (QED) is 0.610. The van der Waals surface area contributed by atoms with Gasteiger partial charge in [0.1, 0.15) is 5.65 Å². The van der Waals surface area contributed by atoms with Gasteiger partial charge in [-0.1, -0.05) is 19.1 Å². The zero-order valence-corrected chi connectivity index (χ0v) is 18.0. The number of likely N-dealkylation sites (tertiary alicyclic amines) is 1. The molecule has 0 bridgehead atoms.